The van der Waals surface area contributed by atoms with Crippen LogP contribution in [0, 0.1) is 0 Å². The number of aliphatic hydroxyl groups is 1. The van der Waals surface area contributed by atoms with Crippen LogP contribution in [-0.2, 0) is 4.79 Å². The van der Waals surface area contributed by atoms with Crippen molar-refractivity contribution < 1.29 is 24.2 Å². The van der Waals surface area contributed by atoms with Gasteiger partial charge in [-0.2, -0.15) is 0 Å². The fourth-order valence-corrected chi connectivity index (χ4v) is 5.05. The van der Waals surface area contributed by atoms with Gasteiger partial charge in [0.15, 0.2) is 6.10 Å². The average Bonchev–Trinajstić information content (AvgIpc) is 3.42. The highest BCUT2D eigenvalue weighted by atomic mass is 32.1. The third kappa shape index (κ3) is 6.72. The number of carbonyl (C=O) groups excluding carboxylic acids is 3. The fraction of sp³-hybridized carbons (Fsp3) is 0.333. The zero-order chi connectivity index (χ0) is 26.4. The van der Waals surface area contributed by atoms with Crippen molar-refractivity contribution in [2.45, 2.75) is 44.8 Å². The van der Waals surface area contributed by atoms with Crippen LogP contribution in [-0.4, -0.2) is 51.9 Å². The Balaban J connectivity index is 1.26. The summed E-state index contributed by atoms with van der Waals surface area (Å²) in [6, 6.07) is 15.6. The van der Waals surface area contributed by atoms with Gasteiger partial charge in [-0.05, 0) is 56.5 Å². The number of hydrogen-bond donors (Lipinski definition) is 3. The molecule has 10 heteroatoms. The van der Waals surface area contributed by atoms with Gasteiger partial charge in [0, 0.05) is 30.0 Å². The smallest absolute Gasteiger partial charge is 0.289 e. The van der Waals surface area contributed by atoms with Gasteiger partial charge in [-0.25, -0.2) is 4.98 Å². The van der Waals surface area contributed by atoms with Gasteiger partial charge < -0.3 is 14.7 Å². The second kappa shape index (κ2) is 12.0. The normalized spacial score (nSPS) is 14.8. The summed E-state index contributed by atoms with van der Waals surface area (Å²) in [5.41, 5.74) is 5.78. The molecule has 37 heavy (non-hydrogen) atoms. The van der Waals surface area contributed by atoms with E-state index in [1.807, 2.05) is 30.9 Å². The minimum Gasteiger partial charge on any atom is -0.491 e. The van der Waals surface area contributed by atoms with E-state index in [1.54, 1.807) is 47.8 Å². The molecule has 1 saturated heterocycles. The van der Waals surface area contributed by atoms with E-state index < -0.39 is 17.9 Å². The molecule has 1 aliphatic rings. The van der Waals surface area contributed by atoms with Crippen molar-refractivity contribution in [3.05, 3.63) is 81.8 Å². The maximum Gasteiger partial charge on any atom is 0.289 e. The van der Waals surface area contributed by atoms with Crippen molar-refractivity contribution in [3.8, 4) is 5.75 Å². The largest absolute Gasteiger partial charge is 0.491 e. The molecule has 1 unspecified atom stereocenters. The number of thiazole rings is 1. The summed E-state index contributed by atoms with van der Waals surface area (Å²) < 4.78 is 5.64. The van der Waals surface area contributed by atoms with Gasteiger partial charge in [0.1, 0.15) is 11.4 Å². The first-order valence-corrected chi connectivity index (χ1v) is 13.0. The number of hydrogen-bond acceptors (Lipinski definition) is 7. The highest BCUT2D eigenvalue weighted by Crippen LogP contribution is 2.31. The SMILES string of the molecule is CC(C)Oc1ccc(C(=O)N2CCC(c3nc(C(=O)NNC(=O)C(O)c4ccccc4)cs3)CC2)cc1. The van der Waals surface area contributed by atoms with E-state index in [-0.39, 0.29) is 23.6 Å². The number of hydrazine groups is 1. The van der Waals surface area contributed by atoms with E-state index in [0.717, 1.165) is 23.6 Å². The van der Waals surface area contributed by atoms with E-state index in [1.165, 1.54) is 11.3 Å². The second-order valence-electron chi connectivity index (χ2n) is 9.09. The van der Waals surface area contributed by atoms with Crippen LogP contribution in [0.25, 0.3) is 0 Å². The predicted molar refractivity (Wildman–Crippen MR) is 139 cm³/mol. The van der Waals surface area contributed by atoms with E-state index in [0.29, 0.717) is 24.2 Å². The van der Waals surface area contributed by atoms with E-state index in [9.17, 15) is 19.5 Å². The Morgan fingerprint density at radius 3 is 2.35 bits per heavy atom. The van der Waals surface area contributed by atoms with Crippen LogP contribution in [0.1, 0.15) is 70.1 Å². The molecule has 1 atom stereocenters. The minimum atomic E-state index is -1.40. The number of benzene rings is 2. The minimum absolute atomic E-state index is 0.0119. The van der Waals surface area contributed by atoms with E-state index >= 15 is 0 Å². The van der Waals surface area contributed by atoms with Crippen molar-refractivity contribution in [2.75, 3.05) is 13.1 Å². The quantitative estimate of drug-likeness (QED) is 0.409. The molecule has 1 fully saturated rings. The molecule has 1 aromatic heterocycles. The van der Waals surface area contributed by atoms with Gasteiger partial charge in [0.05, 0.1) is 11.1 Å². The van der Waals surface area contributed by atoms with Gasteiger partial charge in [0.2, 0.25) is 0 Å². The van der Waals surface area contributed by atoms with Gasteiger partial charge >= 0.3 is 0 Å². The number of carbonyl (C=O) groups is 3. The van der Waals surface area contributed by atoms with Crippen molar-refractivity contribution in [1.29, 1.82) is 0 Å². The predicted octanol–water partition coefficient (Wildman–Crippen LogP) is 3.44. The van der Waals surface area contributed by atoms with Gasteiger partial charge in [-0.3, -0.25) is 25.2 Å². The molecular formula is C27H30N4O5S. The third-order valence-electron chi connectivity index (χ3n) is 6.02. The molecule has 3 N–H and O–H groups in total. The standard InChI is InChI=1S/C27H30N4O5S/c1-17(2)36-21-10-8-20(9-11-21)27(35)31-14-12-19(13-15-31)26-28-22(16-37-26)24(33)29-30-25(34)23(32)18-6-4-3-5-7-18/h3-11,16-17,19,23,32H,12-15H2,1-2H3,(H,29,33)(H,30,34). The Hall–Kier alpha value is -3.76. The first-order valence-electron chi connectivity index (χ1n) is 12.2. The molecular weight excluding hydrogens is 492 g/mol. The Bertz CT molecular complexity index is 1220. The molecule has 0 bridgehead atoms. The summed E-state index contributed by atoms with van der Waals surface area (Å²) in [6.45, 7) is 5.11. The molecule has 3 amide bonds. The Morgan fingerprint density at radius 1 is 1.03 bits per heavy atom. The second-order valence-corrected chi connectivity index (χ2v) is 9.97. The lowest BCUT2D eigenvalue weighted by molar-refractivity contribution is -0.130. The summed E-state index contributed by atoms with van der Waals surface area (Å²) >= 11 is 1.38. The monoisotopic (exact) mass is 522 g/mol. The third-order valence-corrected chi connectivity index (χ3v) is 7.03. The molecule has 0 aliphatic carbocycles. The first-order chi connectivity index (χ1) is 17.8. The highest BCUT2D eigenvalue weighted by molar-refractivity contribution is 7.09. The first kappa shape index (κ1) is 26.3. The number of nitrogens with one attached hydrogen (secondary N) is 2. The lowest BCUT2D eigenvalue weighted by Gasteiger charge is -2.31. The van der Waals surface area contributed by atoms with Crippen LogP contribution in [0.2, 0.25) is 0 Å². The van der Waals surface area contributed by atoms with Gasteiger partial charge in [-0.15, -0.1) is 11.3 Å². The molecule has 3 aromatic rings. The lowest BCUT2D eigenvalue weighted by atomic mass is 9.97. The van der Waals surface area contributed by atoms with Crippen LogP contribution in [0.3, 0.4) is 0 Å². The molecule has 9 nitrogen and oxygen atoms in total. The number of aromatic nitrogens is 1. The van der Waals surface area contributed by atoms with Crippen LogP contribution >= 0.6 is 11.3 Å². The number of piperidine rings is 1. The Morgan fingerprint density at radius 2 is 1.70 bits per heavy atom. The molecule has 4 rings (SSSR count). The van der Waals surface area contributed by atoms with Crippen molar-refractivity contribution in [3.63, 3.8) is 0 Å². The summed E-state index contributed by atoms with van der Waals surface area (Å²) in [5, 5.41) is 12.6. The van der Waals surface area contributed by atoms with Gasteiger partial charge in [-0.1, -0.05) is 30.3 Å². The van der Waals surface area contributed by atoms with Crippen molar-refractivity contribution in [2.24, 2.45) is 0 Å². The summed E-state index contributed by atoms with van der Waals surface area (Å²) in [7, 11) is 0. The molecule has 194 valence electrons. The maximum atomic E-state index is 12.9. The summed E-state index contributed by atoms with van der Waals surface area (Å²) in [4.78, 5) is 43.8. The van der Waals surface area contributed by atoms with Crippen molar-refractivity contribution >= 4 is 29.1 Å². The maximum absolute atomic E-state index is 12.9. The van der Waals surface area contributed by atoms with Gasteiger partial charge in [0.25, 0.3) is 17.7 Å². The van der Waals surface area contributed by atoms with Crippen LogP contribution in [0.4, 0.5) is 0 Å². The van der Waals surface area contributed by atoms with E-state index in [4.69, 9.17) is 4.74 Å². The summed E-state index contributed by atoms with van der Waals surface area (Å²) in [6.07, 6.45) is 0.167. The number of nitrogens with zero attached hydrogens (tertiary/aromatic N) is 2. The zero-order valence-electron chi connectivity index (χ0n) is 20.7. The zero-order valence-corrected chi connectivity index (χ0v) is 21.5. The topological polar surface area (TPSA) is 121 Å². The number of rotatable bonds is 7. The Labute approximate surface area is 219 Å². The van der Waals surface area contributed by atoms with Crippen LogP contribution in [0.5, 0.6) is 5.75 Å². The number of likely N-dealkylation sites (tertiary alicyclic amines) is 1. The molecule has 0 spiro atoms. The van der Waals surface area contributed by atoms with Crippen LogP contribution < -0.4 is 15.6 Å². The fourth-order valence-electron chi connectivity index (χ4n) is 4.08. The lowest BCUT2D eigenvalue weighted by Crippen LogP contribution is -2.44. The molecule has 0 radical (unpaired) electrons. The number of amides is 3. The number of aliphatic hydroxyl groups excluding tert-OH is 1. The van der Waals surface area contributed by atoms with Crippen LogP contribution in [0.15, 0.2) is 60.0 Å². The average molecular weight is 523 g/mol. The van der Waals surface area contributed by atoms with E-state index in [2.05, 4.69) is 15.8 Å². The van der Waals surface area contributed by atoms with Crippen molar-refractivity contribution in [1.82, 2.24) is 20.7 Å². The molecule has 2 aromatic carbocycles. The molecule has 2 heterocycles. The number of ether oxygens (including phenoxy) is 1. The molecule has 1 aliphatic heterocycles. The Kier molecular flexibility index (Phi) is 8.52. The summed E-state index contributed by atoms with van der Waals surface area (Å²) in [5.74, 6) is -0.433. The molecule has 0 saturated carbocycles. The highest BCUT2D eigenvalue weighted by Gasteiger charge is 2.27.